The van der Waals surface area contributed by atoms with Crippen LogP contribution in [0.1, 0.15) is 5.56 Å². The van der Waals surface area contributed by atoms with Crippen LogP contribution in [0, 0.1) is 0 Å². The molecule has 64 valence electrons. The minimum Gasteiger partial charge on any atom is -0.391 e. The third-order valence-corrected chi connectivity index (χ3v) is 2.20. The molecule has 4 heteroatoms. The second-order valence-electron chi connectivity index (χ2n) is 2.12. The molecule has 0 bridgehead atoms. The minimum atomic E-state index is 0.295. The van der Waals surface area contributed by atoms with Gasteiger partial charge in [-0.2, -0.15) is 0 Å². The molecule has 0 saturated heterocycles. The summed E-state index contributed by atoms with van der Waals surface area (Å²) in [5, 5.41) is 4.27. The van der Waals surface area contributed by atoms with Gasteiger partial charge in [-0.15, -0.1) is 5.16 Å². The summed E-state index contributed by atoms with van der Waals surface area (Å²) in [6.07, 6.45) is 0. The number of nitrogens with zero attached hydrogens (tertiary/aromatic N) is 1. The highest BCUT2D eigenvalue weighted by Gasteiger charge is 2.03. The van der Waals surface area contributed by atoms with Crippen LogP contribution in [0.15, 0.2) is 23.4 Å². The van der Waals surface area contributed by atoms with E-state index < -0.39 is 0 Å². The molecule has 12 heavy (non-hydrogen) atoms. The van der Waals surface area contributed by atoms with Gasteiger partial charge in [-0.3, -0.25) is 0 Å². The van der Waals surface area contributed by atoms with Crippen molar-refractivity contribution in [3.8, 4) is 0 Å². The Morgan fingerprint density at radius 2 is 2.17 bits per heavy atom. The zero-order valence-corrected chi connectivity index (χ0v) is 7.77. The third-order valence-electron chi connectivity index (χ3n) is 1.34. The average Bonchev–Trinajstić information content (AvgIpc) is 2.08. The van der Waals surface area contributed by atoms with E-state index in [4.69, 9.17) is 28.0 Å². The van der Waals surface area contributed by atoms with Crippen molar-refractivity contribution in [2.75, 3.05) is 0 Å². The fraction of sp³-hybridized carbons (Fsp3) is 0.125. The second-order valence-corrected chi connectivity index (χ2v) is 2.90. The van der Waals surface area contributed by atoms with Crippen LogP contribution < -0.4 is 0 Å². The lowest BCUT2D eigenvalue weighted by atomic mass is 10.2. The number of benzene rings is 1. The average molecular weight is 204 g/mol. The van der Waals surface area contributed by atoms with E-state index in [1.54, 1.807) is 12.1 Å². The van der Waals surface area contributed by atoms with E-state index in [0.29, 0.717) is 16.7 Å². The summed E-state index contributed by atoms with van der Waals surface area (Å²) >= 11 is 11.6. The van der Waals surface area contributed by atoms with Crippen LogP contribution in [0.2, 0.25) is 10.0 Å². The van der Waals surface area contributed by atoms with Crippen LogP contribution in [0.5, 0.6) is 0 Å². The maximum Gasteiger partial charge on any atom is 0.143 e. The summed E-state index contributed by atoms with van der Waals surface area (Å²) in [6.45, 7) is 3.47. The fourth-order valence-corrected chi connectivity index (χ4v) is 1.15. The van der Waals surface area contributed by atoms with Crippen LogP contribution in [0.3, 0.4) is 0 Å². The van der Waals surface area contributed by atoms with Crippen molar-refractivity contribution in [1.29, 1.82) is 0 Å². The highest BCUT2D eigenvalue weighted by atomic mass is 35.5. The Balaban J connectivity index is 2.84. The molecule has 0 N–H and O–H groups in total. The van der Waals surface area contributed by atoms with Gasteiger partial charge >= 0.3 is 0 Å². The molecule has 0 aliphatic carbocycles. The molecule has 0 aromatic heterocycles. The van der Waals surface area contributed by atoms with Crippen molar-refractivity contribution in [1.82, 2.24) is 0 Å². The molecule has 0 spiro atoms. The summed E-state index contributed by atoms with van der Waals surface area (Å²) in [6, 6.07) is 5.34. The van der Waals surface area contributed by atoms with Crippen LogP contribution in [-0.2, 0) is 11.4 Å². The highest BCUT2D eigenvalue weighted by Crippen LogP contribution is 2.25. The Hall–Kier alpha value is -0.730. The van der Waals surface area contributed by atoms with E-state index in [1.165, 1.54) is 0 Å². The maximum absolute atomic E-state index is 5.85. The van der Waals surface area contributed by atoms with Gasteiger partial charge in [0.25, 0.3) is 0 Å². The first-order chi connectivity index (χ1) is 5.75. The zero-order valence-electron chi connectivity index (χ0n) is 6.26. The Bertz CT molecular complexity index is 288. The first kappa shape index (κ1) is 9.36. The van der Waals surface area contributed by atoms with Crippen LogP contribution in [0.4, 0.5) is 0 Å². The molecule has 1 aromatic rings. The van der Waals surface area contributed by atoms with Crippen molar-refractivity contribution in [2.45, 2.75) is 6.61 Å². The third kappa shape index (κ3) is 2.13. The molecule has 0 fully saturated rings. The number of halogens is 2. The van der Waals surface area contributed by atoms with Gasteiger partial charge in [0.1, 0.15) is 6.61 Å². The van der Waals surface area contributed by atoms with E-state index in [1.807, 2.05) is 6.07 Å². The SMILES string of the molecule is C=NOCc1cccc(Cl)c1Cl. The predicted octanol–water partition coefficient (Wildman–Crippen LogP) is 3.13. The van der Waals surface area contributed by atoms with Crippen molar-refractivity contribution >= 4 is 29.9 Å². The van der Waals surface area contributed by atoms with Crippen molar-refractivity contribution < 1.29 is 4.84 Å². The van der Waals surface area contributed by atoms with Gasteiger partial charge in [-0.25, -0.2) is 0 Å². The molecule has 0 aliphatic heterocycles. The van der Waals surface area contributed by atoms with E-state index in [9.17, 15) is 0 Å². The molecular formula is C8H7Cl2NO. The van der Waals surface area contributed by atoms with E-state index in [-0.39, 0.29) is 0 Å². The van der Waals surface area contributed by atoms with Crippen molar-refractivity contribution in [3.05, 3.63) is 33.8 Å². The molecule has 0 heterocycles. The summed E-state index contributed by atoms with van der Waals surface area (Å²) < 4.78 is 0. The zero-order chi connectivity index (χ0) is 8.97. The first-order valence-electron chi connectivity index (χ1n) is 3.26. The number of hydrogen-bond acceptors (Lipinski definition) is 2. The summed E-state index contributed by atoms with van der Waals surface area (Å²) in [7, 11) is 0. The standard InChI is InChI=1S/C8H7Cl2NO/c1-11-12-5-6-3-2-4-7(9)8(6)10/h2-4H,1,5H2. The topological polar surface area (TPSA) is 21.6 Å². The Morgan fingerprint density at radius 3 is 2.83 bits per heavy atom. The number of oxime groups is 1. The molecule has 0 unspecified atom stereocenters. The minimum absolute atomic E-state index is 0.295. The number of rotatable bonds is 3. The second kappa shape index (κ2) is 4.33. The lowest BCUT2D eigenvalue weighted by Crippen LogP contribution is -1.87. The van der Waals surface area contributed by atoms with Gasteiger partial charge < -0.3 is 4.84 Å². The summed E-state index contributed by atoms with van der Waals surface area (Å²) in [5.41, 5.74) is 0.802. The predicted molar refractivity (Wildman–Crippen MR) is 50.8 cm³/mol. The Kier molecular flexibility index (Phi) is 3.38. The maximum atomic E-state index is 5.85. The summed E-state index contributed by atoms with van der Waals surface area (Å²) in [4.78, 5) is 4.73. The molecule has 2 nitrogen and oxygen atoms in total. The molecule has 0 atom stereocenters. The monoisotopic (exact) mass is 203 g/mol. The van der Waals surface area contributed by atoms with E-state index >= 15 is 0 Å². The van der Waals surface area contributed by atoms with Gasteiger partial charge in [0.2, 0.25) is 0 Å². The van der Waals surface area contributed by atoms with Gasteiger partial charge in [0.05, 0.1) is 10.0 Å². The molecule has 0 radical (unpaired) electrons. The van der Waals surface area contributed by atoms with Gasteiger partial charge in [-0.1, -0.05) is 35.3 Å². The summed E-state index contributed by atoms with van der Waals surface area (Å²) in [5.74, 6) is 0. The Morgan fingerprint density at radius 1 is 1.42 bits per heavy atom. The lowest BCUT2D eigenvalue weighted by molar-refractivity contribution is 0.133. The molecule has 1 rings (SSSR count). The van der Waals surface area contributed by atoms with Crippen molar-refractivity contribution in [3.63, 3.8) is 0 Å². The smallest absolute Gasteiger partial charge is 0.143 e. The largest absolute Gasteiger partial charge is 0.391 e. The lowest BCUT2D eigenvalue weighted by Gasteiger charge is -2.02. The van der Waals surface area contributed by atoms with Crippen LogP contribution >= 0.6 is 23.2 Å². The molecule has 0 saturated carbocycles. The quantitative estimate of drug-likeness (QED) is 0.547. The highest BCUT2D eigenvalue weighted by molar-refractivity contribution is 6.42. The van der Waals surface area contributed by atoms with Gasteiger partial charge in [0, 0.05) is 12.3 Å². The van der Waals surface area contributed by atoms with Gasteiger partial charge in [-0.05, 0) is 6.07 Å². The molecule has 0 amide bonds. The normalized spacial score (nSPS) is 9.50. The Labute approximate surface area is 80.7 Å². The first-order valence-corrected chi connectivity index (χ1v) is 4.02. The van der Waals surface area contributed by atoms with Crippen LogP contribution in [0.25, 0.3) is 0 Å². The molecule has 1 aromatic carbocycles. The number of hydrogen-bond donors (Lipinski definition) is 0. The van der Waals surface area contributed by atoms with Gasteiger partial charge in [0.15, 0.2) is 0 Å². The van der Waals surface area contributed by atoms with E-state index in [2.05, 4.69) is 11.9 Å². The van der Waals surface area contributed by atoms with Crippen LogP contribution in [-0.4, -0.2) is 6.72 Å². The fourth-order valence-electron chi connectivity index (χ4n) is 0.775. The molecular weight excluding hydrogens is 197 g/mol. The van der Waals surface area contributed by atoms with E-state index in [0.717, 1.165) is 5.56 Å². The van der Waals surface area contributed by atoms with Crippen molar-refractivity contribution in [2.24, 2.45) is 5.16 Å². The molecule has 0 aliphatic rings.